The number of hydrogen-bond acceptors (Lipinski definition) is 4. The molecule has 0 aromatic heterocycles. The van der Waals surface area contributed by atoms with Gasteiger partial charge in [-0.05, 0) is 37.3 Å². The lowest BCUT2D eigenvalue weighted by Crippen LogP contribution is -2.43. The molecule has 1 heterocycles. The third-order valence-corrected chi connectivity index (χ3v) is 5.37. The molecule has 0 saturated heterocycles. The molecule has 6 heteroatoms. The number of ether oxygens (including phenoxy) is 1. The lowest BCUT2D eigenvalue weighted by atomic mass is 9.78. The normalized spacial score (nSPS) is 22.4. The summed E-state index contributed by atoms with van der Waals surface area (Å²) in [6, 6.07) is 6.92. The Bertz CT molecular complexity index is 653. The van der Waals surface area contributed by atoms with E-state index in [0.29, 0.717) is 30.8 Å². The first kappa shape index (κ1) is 18.6. The van der Waals surface area contributed by atoms with Crippen LogP contribution in [0.15, 0.2) is 24.3 Å². The second kappa shape index (κ2) is 8.45. The highest BCUT2D eigenvalue weighted by atomic mass is 16.5. The van der Waals surface area contributed by atoms with Gasteiger partial charge in [-0.3, -0.25) is 19.3 Å². The maximum absolute atomic E-state index is 12.6. The monoisotopic (exact) mass is 358 g/mol. The number of carbonyl (C=O) groups excluding carboxylic acids is 3. The molecule has 1 saturated carbocycles. The molecular formula is C20H26N2O4. The molecule has 3 amide bonds. The molecular weight excluding hydrogens is 332 g/mol. The molecule has 26 heavy (non-hydrogen) atoms. The van der Waals surface area contributed by atoms with Crippen LogP contribution in [0.1, 0.15) is 52.8 Å². The molecule has 2 aliphatic rings. The van der Waals surface area contributed by atoms with Crippen molar-refractivity contribution in [3.05, 3.63) is 35.4 Å². The summed E-state index contributed by atoms with van der Waals surface area (Å²) in [4.78, 5) is 39.1. The first-order valence-electron chi connectivity index (χ1n) is 9.35. The molecule has 0 bridgehead atoms. The van der Waals surface area contributed by atoms with Crippen molar-refractivity contribution in [1.29, 1.82) is 0 Å². The lowest BCUT2D eigenvalue weighted by molar-refractivity contribution is -0.128. The number of nitrogens with zero attached hydrogens (tertiary/aromatic N) is 1. The minimum Gasteiger partial charge on any atom is -0.385 e. The zero-order valence-electron chi connectivity index (χ0n) is 15.2. The Morgan fingerprint density at radius 1 is 1.15 bits per heavy atom. The highest BCUT2D eigenvalue weighted by Crippen LogP contribution is 2.33. The molecule has 140 valence electrons. The second-order valence-electron chi connectivity index (χ2n) is 7.05. The summed E-state index contributed by atoms with van der Waals surface area (Å²) >= 11 is 0. The molecule has 1 N–H and O–H groups in total. The molecule has 3 rings (SSSR count). The summed E-state index contributed by atoms with van der Waals surface area (Å²) in [5.41, 5.74) is 0.933. The molecule has 2 atom stereocenters. The van der Waals surface area contributed by atoms with Crippen molar-refractivity contribution in [3.8, 4) is 0 Å². The molecule has 0 radical (unpaired) electrons. The average molecular weight is 358 g/mol. The van der Waals surface area contributed by atoms with E-state index < -0.39 is 0 Å². The Kier molecular flexibility index (Phi) is 6.04. The van der Waals surface area contributed by atoms with E-state index in [1.54, 1.807) is 31.4 Å². The van der Waals surface area contributed by atoms with Crippen LogP contribution in [-0.2, 0) is 9.53 Å². The molecule has 0 spiro atoms. The first-order valence-corrected chi connectivity index (χ1v) is 9.35. The highest BCUT2D eigenvalue weighted by Gasteiger charge is 2.39. The smallest absolute Gasteiger partial charge is 0.261 e. The van der Waals surface area contributed by atoms with Crippen LogP contribution in [0, 0.1) is 11.8 Å². The zero-order valence-corrected chi connectivity index (χ0v) is 15.2. The SMILES string of the molecule is COCCCNC(=O)C1CCCCC1CN1C(=O)c2ccccc2C1=O. The Morgan fingerprint density at radius 2 is 1.81 bits per heavy atom. The molecule has 2 unspecified atom stereocenters. The van der Waals surface area contributed by atoms with Gasteiger partial charge in [0.05, 0.1) is 11.1 Å². The van der Waals surface area contributed by atoms with Gasteiger partial charge in [0, 0.05) is 32.7 Å². The maximum atomic E-state index is 12.6. The van der Waals surface area contributed by atoms with Crippen LogP contribution in [-0.4, -0.2) is 49.4 Å². The first-order chi connectivity index (χ1) is 12.6. The number of nitrogens with one attached hydrogen (secondary N) is 1. The molecule has 1 aromatic carbocycles. The van der Waals surface area contributed by atoms with Crippen molar-refractivity contribution < 1.29 is 19.1 Å². The van der Waals surface area contributed by atoms with Crippen molar-refractivity contribution in [2.24, 2.45) is 11.8 Å². The quantitative estimate of drug-likeness (QED) is 0.599. The third-order valence-electron chi connectivity index (χ3n) is 5.37. The summed E-state index contributed by atoms with van der Waals surface area (Å²) in [5.74, 6) is -0.572. The zero-order chi connectivity index (χ0) is 18.5. The van der Waals surface area contributed by atoms with Gasteiger partial charge in [0.2, 0.25) is 5.91 Å². The van der Waals surface area contributed by atoms with Gasteiger partial charge in [-0.25, -0.2) is 0 Å². The third kappa shape index (κ3) is 3.80. The summed E-state index contributed by atoms with van der Waals surface area (Å²) in [5, 5.41) is 2.97. The van der Waals surface area contributed by atoms with E-state index in [1.165, 1.54) is 4.90 Å². The minimum atomic E-state index is -0.240. The topological polar surface area (TPSA) is 75.7 Å². The van der Waals surface area contributed by atoms with Gasteiger partial charge in [0.25, 0.3) is 11.8 Å². The summed E-state index contributed by atoms with van der Waals surface area (Å²) in [7, 11) is 1.64. The summed E-state index contributed by atoms with van der Waals surface area (Å²) in [6.07, 6.45) is 4.49. The fourth-order valence-corrected chi connectivity index (χ4v) is 3.97. The Hall–Kier alpha value is -2.21. The van der Waals surface area contributed by atoms with E-state index in [9.17, 15) is 14.4 Å². The number of fused-ring (bicyclic) bond motifs is 1. The van der Waals surface area contributed by atoms with Crippen molar-refractivity contribution in [2.45, 2.75) is 32.1 Å². The minimum absolute atomic E-state index is 0.0217. The van der Waals surface area contributed by atoms with Gasteiger partial charge in [0.1, 0.15) is 0 Å². The van der Waals surface area contributed by atoms with Crippen molar-refractivity contribution in [2.75, 3.05) is 26.8 Å². The molecule has 6 nitrogen and oxygen atoms in total. The van der Waals surface area contributed by atoms with Crippen molar-refractivity contribution in [1.82, 2.24) is 10.2 Å². The fourth-order valence-electron chi connectivity index (χ4n) is 3.97. The Balaban J connectivity index is 1.65. The molecule has 1 aliphatic heterocycles. The lowest BCUT2D eigenvalue weighted by Gasteiger charge is -2.32. The van der Waals surface area contributed by atoms with Crippen LogP contribution in [0.5, 0.6) is 0 Å². The number of imide groups is 1. The molecule has 1 aromatic rings. The van der Waals surface area contributed by atoms with Crippen LogP contribution in [0.3, 0.4) is 0 Å². The predicted molar refractivity (Wildman–Crippen MR) is 96.8 cm³/mol. The number of hydrogen-bond donors (Lipinski definition) is 1. The van der Waals surface area contributed by atoms with Gasteiger partial charge < -0.3 is 10.1 Å². The van der Waals surface area contributed by atoms with Gasteiger partial charge in [-0.1, -0.05) is 25.0 Å². The van der Waals surface area contributed by atoms with E-state index in [1.807, 2.05) is 0 Å². The number of carbonyl (C=O) groups is 3. The highest BCUT2D eigenvalue weighted by molar-refractivity contribution is 6.21. The maximum Gasteiger partial charge on any atom is 0.261 e. The largest absolute Gasteiger partial charge is 0.385 e. The Labute approximate surface area is 153 Å². The van der Waals surface area contributed by atoms with Crippen LogP contribution < -0.4 is 5.32 Å². The van der Waals surface area contributed by atoms with Crippen LogP contribution in [0.25, 0.3) is 0 Å². The number of rotatable bonds is 7. The summed E-state index contributed by atoms with van der Waals surface area (Å²) in [6.45, 7) is 1.52. The second-order valence-corrected chi connectivity index (χ2v) is 7.05. The average Bonchev–Trinajstić information content (AvgIpc) is 2.91. The fraction of sp³-hybridized carbons (Fsp3) is 0.550. The molecule has 1 aliphatic carbocycles. The van der Waals surface area contributed by atoms with Gasteiger partial charge in [-0.2, -0.15) is 0 Å². The van der Waals surface area contributed by atoms with E-state index in [4.69, 9.17) is 4.74 Å². The van der Waals surface area contributed by atoms with Crippen molar-refractivity contribution in [3.63, 3.8) is 0 Å². The van der Waals surface area contributed by atoms with Crippen LogP contribution in [0.4, 0.5) is 0 Å². The Morgan fingerprint density at radius 3 is 2.46 bits per heavy atom. The van der Waals surface area contributed by atoms with E-state index in [0.717, 1.165) is 32.1 Å². The standard InChI is InChI=1S/C20H26N2O4/c1-26-12-6-11-21-18(23)15-8-3-2-7-14(15)13-22-19(24)16-9-4-5-10-17(16)20(22)25/h4-5,9-10,14-15H,2-3,6-8,11-13H2,1H3,(H,21,23). The number of methoxy groups -OCH3 is 1. The van der Waals surface area contributed by atoms with E-state index in [2.05, 4.69) is 5.32 Å². The van der Waals surface area contributed by atoms with Crippen molar-refractivity contribution >= 4 is 17.7 Å². The van der Waals surface area contributed by atoms with Crippen LogP contribution >= 0.6 is 0 Å². The van der Waals surface area contributed by atoms with Gasteiger partial charge >= 0.3 is 0 Å². The van der Waals surface area contributed by atoms with Crippen LogP contribution in [0.2, 0.25) is 0 Å². The van der Waals surface area contributed by atoms with E-state index in [-0.39, 0.29) is 29.6 Å². The summed E-state index contributed by atoms with van der Waals surface area (Å²) < 4.78 is 5.00. The molecule has 1 fully saturated rings. The van der Waals surface area contributed by atoms with Gasteiger partial charge in [0.15, 0.2) is 0 Å². The number of benzene rings is 1. The number of amides is 3. The predicted octanol–water partition coefficient (Wildman–Crippen LogP) is 2.24. The van der Waals surface area contributed by atoms with E-state index >= 15 is 0 Å². The van der Waals surface area contributed by atoms with Gasteiger partial charge in [-0.15, -0.1) is 0 Å².